The molecule has 3 rings (SSSR count). The molecule has 4 nitrogen and oxygen atoms in total. The fraction of sp³-hybridized carbons (Fsp3) is 0.474. The van der Waals surface area contributed by atoms with Crippen molar-refractivity contribution in [3.63, 3.8) is 0 Å². The Hall–Kier alpha value is -1.75. The summed E-state index contributed by atoms with van der Waals surface area (Å²) >= 11 is 1.64. The van der Waals surface area contributed by atoms with Crippen molar-refractivity contribution < 1.29 is 9.59 Å². The van der Waals surface area contributed by atoms with E-state index in [1.165, 1.54) is 0 Å². The van der Waals surface area contributed by atoms with Gasteiger partial charge in [0.15, 0.2) is 0 Å². The lowest BCUT2D eigenvalue weighted by Gasteiger charge is -2.41. The molecule has 0 saturated carbocycles. The third-order valence-electron chi connectivity index (χ3n) is 4.79. The molecule has 0 bridgehead atoms. The first-order valence-electron chi connectivity index (χ1n) is 8.50. The maximum Gasteiger partial charge on any atom is 0.246 e. The average Bonchev–Trinajstić information content (AvgIpc) is 2.61. The van der Waals surface area contributed by atoms with Crippen LogP contribution in [0.15, 0.2) is 41.3 Å². The van der Waals surface area contributed by atoms with Gasteiger partial charge in [0, 0.05) is 17.4 Å². The lowest BCUT2D eigenvalue weighted by atomic mass is 9.92. The Morgan fingerprint density at radius 1 is 1.25 bits per heavy atom. The number of thioether (sulfide) groups is 1. The first kappa shape index (κ1) is 17.1. The minimum atomic E-state index is -0.0115. The van der Waals surface area contributed by atoms with E-state index in [-0.39, 0.29) is 30.3 Å². The highest BCUT2D eigenvalue weighted by molar-refractivity contribution is 7.98. The third-order valence-corrected chi connectivity index (χ3v) is 5.58. The number of benzene rings is 1. The van der Waals surface area contributed by atoms with Crippen LogP contribution < -0.4 is 4.90 Å². The summed E-state index contributed by atoms with van der Waals surface area (Å²) in [6.45, 7) is 2.81. The van der Waals surface area contributed by atoms with Gasteiger partial charge in [-0.25, -0.2) is 0 Å². The first-order valence-corrected chi connectivity index (χ1v) is 9.73. The minimum Gasteiger partial charge on any atom is -0.331 e. The molecule has 1 aromatic rings. The molecule has 1 saturated heterocycles. The number of rotatable bonds is 3. The summed E-state index contributed by atoms with van der Waals surface area (Å²) in [5.74, 6) is 0.187. The number of para-hydroxylation sites is 1. The summed E-state index contributed by atoms with van der Waals surface area (Å²) in [6, 6.07) is 7.96. The van der Waals surface area contributed by atoms with Gasteiger partial charge in [0.05, 0.1) is 11.7 Å². The van der Waals surface area contributed by atoms with E-state index in [0.717, 1.165) is 29.8 Å². The van der Waals surface area contributed by atoms with Gasteiger partial charge in [-0.05, 0) is 44.6 Å². The van der Waals surface area contributed by atoms with Gasteiger partial charge in [-0.3, -0.25) is 9.59 Å². The van der Waals surface area contributed by atoms with Crippen LogP contribution >= 0.6 is 11.8 Å². The smallest absolute Gasteiger partial charge is 0.246 e. The average molecular weight is 344 g/mol. The maximum absolute atomic E-state index is 12.8. The van der Waals surface area contributed by atoms with Crippen LogP contribution in [0.2, 0.25) is 0 Å². The van der Waals surface area contributed by atoms with E-state index < -0.39 is 0 Å². The fourth-order valence-electron chi connectivity index (χ4n) is 3.59. The van der Waals surface area contributed by atoms with Crippen LogP contribution in [0.3, 0.4) is 0 Å². The molecule has 1 aliphatic carbocycles. The number of carbonyl (C=O) groups excluding carboxylic acids is 2. The molecular formula is C19H24N2O2S. The van der Waals surface area contributed by atoms with Crippen molar-refractivity contribution in [1.29, 1.82) is 0 Å². The largest absolute Gasteiger partial charge is 0.331 e. The fourth-order valence-corrected chi connectivity index (χ4v) is 4.19. The van der Waals surface area contributed by atoms with Crippen LogP contribution in [0.5, 0.6) is 0 Å². The molecule has 0 aromatic heterocycles. The van der Waals surface area contributed by atoms with E-state index in [1.807, 2.05) is 42.3 Å². The maximum atomic E-state index is 12.8. The summed E-state index contributed by atoms with van der Waals surface area (Å²) in [5.41, 5.74) is 0.954. The Morgan fingerprint density at radius 2 is 2.04 bits per heavy atom. The SMILES string of the molecule is CSc1ccccc1N1C(=O)CN(C(=O)C2CC=CCC2)CC1C. The summed E-state index contributed by atoms with van der Waals surface area (Å²) in [6.07, 6.45) is 8.90. The number of nitrogens with zero attached hydrogens (tertiary/aromatic N) is 2. The Labute approximate surface area is 147 Å². The normalized spacial score (nSPS) is 24.3. The molecule has 2 atom stereocenters. The van der Waals surface area contributed by atoms with Crippen molar-refractivity contribution in [3.05, 3.63) is 36.4 Å². The van der Waals surface area contributed by atoms with Crippen molar-refractivity contribution in [2.24, 2.45) is 5.92 Å². The van der Waals surface area contributed by atoms with Crippen LogP contribution in [0.1, 0.15) is 26.2 Å². The molecule has 2 amide bonds. The summed E-state index contributed by atoms with van der Waals surface area (Å²) < 4.78 is 0. The van der Waals surface area contributed by atoms with Crippen molar-refractivity contribution in [1.82, 2.24) is 4.90 Å². The second kappa shape index (κ2) is 7.43. The number of allylic oxidation sites excluding steroid dienone is 2. The van der Waals surface area contributed by atoms with E-state index in [0.29, 0.717) is 6.54 Å². The van der Waals surface area contributed by atoms with Gasteiger partial charge in [0.25, 0.3) is 0 Å². The van der Waals surface area contributed by atoms with Crippen LogP contribution in [-0.2, 0) is 9.59 Å². The number of hydrogen-bond acceptors (Lipinski definition) is 3. The Morgan fingerprint density at radius 3 is 2.71 bits per heavy atom. The Kier molecular flexibility index (Phi) is 5.29. The molecule has 128 valence electrons. The quantitative estimate of drug-likeness (QED) is 0.624. The van der Waals surface area contributed by atoms with Crippen molar-refractivity contribution in [2.75, 3.05) is 24.2 Å². The number of hydrogen-bond donors (Lipinski definition) is 0. The molecule has 0 spiro atoms. The van der Waals surface area contributed by atoms with Gasteiger partial charge in [0.2, 0.25) is 11.8 Å². The monoisotopic (exact) mass is 344 g/mol. The molecule has 1 fully saturated rings. The van der Waals surface area contributed by atoms with E-state index in [4.69, 9.17) is 0 Å². The van der Waals surface area contributed by atoms with Crippen LogP contribution in [0.25, 0.3) is 0 Å². The number of piperazine rings is 1. The molecule has 0 N–H and O–H groups in total. The highest BCUT2D eigenvalue weighted by Gasteiger charge is 2.36. The number of amides is 2. The summed E-state index contributed by atoms with van der Waals surface area (Å²) in [4.78, 5) is 30.2. The molecule has 5 heteroatoms. The standard InChI is InChI=1S/C19H24N2O2S/c1-14-12-20(19(23)15-8-4-3-5-9-15)13-18(22)21(14)16-10-6-7-11-17(16)24-2/h3-4,6-7,10-11,14-15H,5,8-9,12-13H2,1-2H3. The second-order valence-electron chi connectivity index (χ2n) is 6.48. The molecule has 2 unspecified atom stereocenters. The molecule has 24 heavy (non-hydrogen) atoms. The van der Waals surface area contributed by atoms with Gasteiger partial charge in [0.1, 0.15) is 6.54 Å². The van der Waals surface area contributed by atoms with Gasteiger partial charge < -0.3 is 9.80 Å². The van der Waals surface area contributed by atoms with Gasteiger partial charge >= 0.3 is 0 Å². The zero-order valence-electron chi connectivity index (χ0n) is 14.3. The lowest BCUT2D eigenvalue weighted by molar-refractivity contribution is -0.141. The first-order chi connectivity index (χ1) is 11.6. The highest BCUT2D eigenvalue weighted by Crippen LogP contribution is 2.32. The van der Waals surface area contributed by atoms with Gasteiger partial charge in [-0.15, -0.1) is 11.8 Å². The van der Waals surface area contributed by atoms with Crippen molar-refractivity contribution in [2.45, 2.75) is 37.1 Å². The molecule has 1 heterocycles. The van der Waals surface area contributed by atoms with Gasteiger partial charge in [-0.1, -0.05) is 24.3 Å². The predicted molar refractivity (Wildman–Crippen MR) is 98.2 cm³/mol. The topological polar surface area (TPSA) is 40.6 Å². The highest BCUT2D eigenvalue weighted by atomic mass is 32.2. The number of carbonyl (C=O) groups is 2. The molecular weight excluding hydrogens is 320 g/mol. The van der Waals surface area contributed by atoms with Gasteiger partial charge in [-0.2, -0.15) is 0 Å². The minimum absolute atomic E-state index is 0.00921. The molecule has 1 aliphatic heterocycles. The summed E-state index contributed by atoms with van der Waals surface area (Å²) in [5, 5.41) is 0. The van der Waals surface area contributed by atoms with E-state index in [9.17, 15) is 9.59 Å². The summed E-state index contributed by atoms with van der Waals surface area (Å²) in [7, 11) is 0. The molecule has 0 radical (unpaired) electrons. The number of anilines is 1. The Balaban J connectivity index is 1.76. The zero-order chi connectivity index (χ0) is 17.1. The Bertz CT molecular complexity index is 659. The predicted octanol–water partition coefficient (Wildman–Crippen LogP) is 3.33. The third kappa shape index (κ3) is 3.36. The van der Waals surface area contributed by atoms with Crippen LogP contribution in [0, 0.1) is 5.92 Å². The zero-order valence-corrected chi connectivity index (χ0v) is 15.1. The lowest BCUT2D eigenvalue weighted by Crippen LogP contribution is -2.58. The van der Waals surface area contributed by atoms with Crippen molar-refractivity contribution in [3.8, 4) is 0 Å². The van der Waals surface area contributed by atoms with E-state index >= 15 is 0 Å². The molecule has 1 aromatic carbocycles. The van der Waals surface area contributed by atoms with Crippen LogP contribution in [-0.4, -0.2) is 42.1 Å². The van der Waals surface area contributed by atoms with E-state index in [2.05, 4.69) is 12.2 Å². The van der Waals surface area contributed by atoms with Crippen LogP contribution in [0.4, 0.5) is 5.69 Å². The second-order valence-corrected chi connectivity index (χ2v) is 7.33. The van der Waals surface area contributed by atoms with E-state index in [1.54, 1.807) is 16.7 Å². The van der Waals surface area contributed by atoms with Crippen molar-refractivity contribution >= 4 is 29.3 Å². The molecule has 2 aliphatic rings.